The van der Waals surface area contributed by atoms with Crippen LogP contribution in [-0.2, 0) is 11.3 Å². The maximum atomic E-state index is 12.3. The molecule has 1 saturated heterocycles. The summed E-state index contributed by atoms with van der Waals surface area (Å²) in [5, 5.41) is 11.7. The van der Waals surface area contributed by atoms with Crippen molar-refractivity contribution >= 4 is 11.7 Å². The van der Waals surface area contributed by atoms with Crippen molar-refractivity contribution in [1.82, 2.24) is 14.5 Å². The minimum absolute atomic E-state index is 0.0629. The predicted molar refractivity (Wildman–Crippen MR) is 86.4 cm³/mol. The van der Waals surface area contributed by atoms with Gasteiger partial charge in [0, 0.05) is 25.8 Å². The monoisotopic (exact) mass is 309 g/mol. The molecule has 0 saturated carbocycles. The number of aryl methyl sites for hydroxylation is 1. The maximum absolute atomic E-state index is 12.3. The summed E-state index contributed by atoms with van der Waals surface area (Å²) in [5.74, 6) is 1.22. The van der Waals surface area contributed by atoms with Gasteiger partial charge in [-0.1, -0.05) is 30.3 Å². The van der Waals surface area contributed by atoms with Gasteiger partial charge < -0.3 is 14.8 Å². The van der Waals surface area contributed by atoms with Crippen LogP contribution in [-0.4, -0.2) is 33.4 Å². The molecule has 3 rings (SSSR count). The highest BCUT2D eigenvalue weighted by molar-refractivity contribution is 5.92. The van der Waals surface area contributed by atoms with Gasteiger partial charge in [-0.05, 0) is 18.9 Å². The van der Waals surface area contributed by atoms with Crippen LogP contribution in [0, 0.1) is 24.3 Å². The number of carbonyl (C=O) groups excluding carboxylic acids is 1. The van der Waals surface area contributed by atoms with Crippen LogP contribution in [0.3, 0.4) is 0 Å². The fraction of sp³-hybridized carbons (Fsp3) is 0.353. The minimum atomic E-state index is -0.144. The molecule has 6 heteroatoms. The van der Waals surface area contributed by atoms with Gasteiger partial charge in [-0.25, -0.2) is 4.98 Å². The SMILES string of the molecule is Cc1nc(NC(=O)[C@H]2CCN(C#N)C2)cn1Cc1ccccc1. The van der Waals surface area contributed by atoms with Crippen LogP contribution >= 0.6 is 0 Å². The van der Waals surface area contributed by atoms with Crippen molar-refractivity contribution in [3.63, 3.8) is 0 Å². The summed E-state index contributed by atoms with van der Waals surface area (Å²) in [7, 11) is 0. The van der Waals surface area contributed by atoms with Crippen LogP contribution in [0.5, 0.6) is 0 Å². The number of nitrogens with one attached hydrogen (secondary N) is 1. The summed E-state index contributed by atoms with van der Waals surface area (Å²) in [4.78, 5) is 18.3. The average molecular weight is 309 g/mol. The molecule has 1 N–H and O–H groups in total. The third kappa shape index (κ3) is 3.51. The van der Waals surface area contributed by atoms with Gasteiger partial charge in [0.1, 0.15) is 5.82 Å². The fourth-order valence-corrected chi connectivity index (χ4v) is 2.80. The molecule has 1 aromatic carbocycles. The van der Waals surface area contributed by atoms with Gasteiger partial charge in [-0.2, -0.15) is 5.26 Å². The Labute approximate surface area is 135 Å². The molecule has 0 unspecified atom stereocenters. The van der Waals surface area contributed by atoms with Gasteiger partial charge >= 0.3 is 0 Å². The molecule has 0 radical (unpaired) electrons. The number of carbonyl (C=O) groups is 1. The summed E-state index contributed by atoms with van der Waals surface area (Å²) in [6.07, 6.45) is 4.66. The van der Waals surface area contributed by atoms with Crippen LogP contribution in [0.25, 0.3) is 0 Å². The first-order chi connectivity index (χ1) is 11.2. The van der Waals surface area contributed by atoms with Crippen molar-refractivity contribution in [2.24, 2.45) is 5.92 Å². The number of nitriles is 1. The first-order valence-corrected chi connectivity index (χ1v) is 7.69. The van der Waals surface area contributed by atoms with Crippen LogP contribution in [0.15, 0.2) is 36.5 Å². The van der Waals surface area contributed by atoms with E-state index in [-0.39, 0.29) is 11.8 Å². The molecular weight excluding hydrogens is 290 g/mol. The summed E-state index contributed by atoms with van der Waals surface area (Å²) in [6, 6.07) is 10.1. The van der Waals surface area contributed by atoms with Gasteiger partial charge in [0.25, 0.3) is 0 Å². The quantitative estimate of drug-likeness (QED) is 0.876. The Bertz CT molecular complexity index is 731. The molecule has 1 aliphatic heterocycles. The Balaban J connectivity index is 1.64. The van der Waals surface area contributed by atoms with E-state index >= 15 is 0 Å². The Morgan fingerprint density at radius 1 is 1.43 bits per heavy atom. The standard InChI is InChI=1S/C17H19N5O/c1-13-19-16(11-22(13)9-14-5-3-2-4-6-14)20-17(23)15-7-8-21(10-15)12-18/h2-6,11,15H,7-10H2,1H3,(H,20,23)/t15-/m0/s1. The second-order valence-corrected chi connectivity index (χ2v) is 5.81. The van der Waals surface area contributed by atoms with Crippen molar-refractivity contribution in [3.8, 4) is 6.19 Å². The Morgan fingerprint density at radius 2 is 2.22 bits per heavy atom. The fourth-order valence-electron chi connectivity index (χ4n) is 2.80. The van der Waals surface area contributed by atoms with Gasteiger partial charge in [0.2, 0.25) is 5.91 Å². The number of anilines is 1. The van der Waals surface area contributed by atoms with Crippen LogP contribution in [0.1, 0.15) is 17.8 Å². The van der Waals surface area contributed by atoms with E-state index in [1.54, 1.807) is 4.90 Å². The lowest BCUT2D eigenvalue weighted by molar-refractivity contribution is -0.119. The number of imidazole rings is 1. The number of hydrogen-bond acceptors (Lipinski definition) is 4. The number of nitrogens with zero attached hydrogens (tertiary/aromatic N) is 4. The van der Waals surface area contributed by atoms with Crippen molar-refractivity contribution in [1.29, 1.82) is 5.26 Å². The zero-order valence-electron chi connectivity index (χ0n) is 13.1. The molecule has 6 nitrogen and oxygen atoms in total. The molecule has 118 valence electrons. The predicted octanol–water partition coefficient (Wildman–Crippen LogP) is 1.98. The molecule has 2 aromatic rings. The average Bonchev–Trinajstić information content (AvgIpc) is 3.16. The normalized spacial score (nSPS) is 17.0. The number of amides is 1. The molecule has 0 aliphatic carbocycles. The Hall–Kier alpha value is -2.81. The van der Waals surface area contributed by atoms with E-state index in [2.05, 4.69) is 28.6 Å². The van der Waals surface area contributed by atoms with Crippen LogP contribution in [0.2, 0.25) is 0 Å². The zero-order chi connectivity index (χ0) is 16.2. The second-order valence-electron chi connectivity index (χ2n) is 5.81. The number of aromatic nitrogens is 2. The molecule has 1 fully saturated rings. The molecule has 0 spiro atoms. The lowest BCUT2D eigenvalue weighted by Gasteiger charge is -2.08. The molecule has 1 aliphatic rings. The van der Waals surface area contributed by atoms with Crippen molar-refractivity contribution in [3.05, 3.63) is 47.9 Å². The van der Waals surface area contributed by atoms with E-state index in [0.717, 1.165) is 12.4 Å². The number of benzene rings is 1. The number of hydrogen-bond donors (Lipinski definition) is 1. The molecule has 0 bridgehead atoms. The maximum Gasteiger partial charge on any atom is 0.230 e. The lowest BCUT2D eigenvalue weighted by atomic mass is 10.1. The highest BCUT2D eigenvalue weighted by Gasteiger charge is 2.28. The first kappa shape index (κ1) is 15.1. The highest BCUT2D eigenvalue weighted by Crippen LogP contribution is 2.18. The van der Waals surface area contributed by atoms with E-state index in [4.69, 9.17) is 5.26 Å². The summed E-state index contributed by atoms with van der Waals surface area (Å²) < 4.78 is 2.02. The minimum Gasteiger partial charge on any atom is -0.328 e. The van der Waals surface area contributed by atoms with Gasteiger partial charge in [-0.15, -0.1) is 0 Å². The molecule has 1 aromatic heterocycles. The van der Waals surface area contributed by atoms with Crippen LogP contribution < -0.4 is 5.32 Å². The van der Waals surface area contributed by atoms with Crippen molar-refractivity contribution < 1.29 is 4.79 Å². The lowest BCUT2D eigenvalue weighted by Crippen LogP contribution is -2.25. The largest absolute Gasteiger partial charge is 0.328 e. The van der Waals surface area contributed by atoms with Crippen molar-refractivity contribution in [2.45, 2.75) is 19.9 Å². The molecule has 23 heavy (non-hydrogen) atoms. The van der Waals surface area contributed by atoms with Gasteiger partial charge in [-0.3, -0.25) is 4.79 Å². The van der Waals surface area contributed by atoms with E-state index in [9.17, 15) is 4.79 Å². The molecule has 2 heterocycles. The van der Waals surface area contributed by atoms with Gasteiger partial charge in [0.05, 0.1) is 5.92 Å². The summed E-state index contributed by atoms with van der Waals surface area (Å²) in [5.41, 5.74) is 1.19. The summed E-state index contributed by atoms with van der Waals surface area (Å²) in [6.45, 7) is 3.79. The number of rotatable bonds is 4. The third-order valence-electron chi connectivity index (χ3n) is 4.12. The van der Waals surface area contributed by atoms with Crippen molar-refractivity contribution in [2.75, 3.05) is 18.4 Å². The molecule has 1 atom stereocenters. The highest BCUT2D eigenvalue weighted by atomic mass is 16.2. The van der Waals surface area contributed by atoms with E-state index in [1.165, 1.54) is 5.56 Å². The van der Waals surface area contributed by atoms with Crippen LogP contribution in [0.4, 0.5) is 5.82 Å². The third-order valence-corrected chi connectivity index (χ3v) is 4.12. The second kappa shape index (κ2) is 6.53. The zero-order valence-corrected chi connectivity index (χ0v) is 13.1. The molecule has 1 amide bonds. The van der Waals surface area contributed by atoms with Gasteiger partial charge in [0.15, 0.2) is 12.0 Å². The molecular formula is C17H19N5O. The topological polar surface area (TPSA) is 74.0 Å². The smallest absolute Gasteiger partial charge is 0.230 e. The Kier molecular flexibility index (Phi) is 4.29. The first-order valence-electron chi connectivity index (χ1n) is 7.69. The number of likely N-dealkylation sites (tertiary alicyclic amines) is 1. The van der Waals surface area contributed by atoms with E-state index in [1.807, 2.05) is 35.9 Å². The Morgan fingerprint density at radius 3 is 2.91 bits per heavy atom. The van der Waals surface area contributed by atoms with E-state index < -0.39 is 0 Å². The van der Waals surface area contributed by atoms with E-state index in [0.29, 0.717) is 25.3 Å². The summed E-state index contributed by atoms with van der Waals surface area (Å²) >= 11 is 0.